The van der Waals surface area contributed by atoms with Crippen LogP contribution in [0.5, 0.6) is 0 Å². The van der Waals surface area contributed by atoms with E-state index in [4.69, 9.17) is 4.98 Å². The standard InChI is InChI=1S/C20H16N4O/c1-24-12-11-19(23-24)22-20(25)16-13-18(14-7-3-2-4-8-14)21-17-10-6-5-9-15(16)17/h2-13H,1H3,(H,22,23,25). The van der Waals surface area contributed by atoms with Crippen molar-refractivity contribution in [2.24, 2.45) is 7.05 Å². The van der Waals surface area contributed by atoms with Gasteiger partial charge in [0.1, 0.15) is 0 Å². The fraction of sp³-hybridized carbons (Fsp3) is 0.0500. The van der Waals surface area contributed by atoms with Crippen LogP contribution in [0.15, 0.2) is 72.9 Å². The van der Waals surface area contributed by atoms with Crippen LogP contribution in [0.3, 0.4) is 0 Å². The molecule has 2 aromatic carbocycles. The van der Waals surface area contributed by atoms with Crippen LogP contribution in [0.4, 0.5) is 5.82 Å². The van der Waals surface area contributed by atoms with Gasteiger partial charge in [0.2, 0.25) is 0 Å². The van der Waals surface area contributed by atoms with Crippen molar-refractivity contribution in [1.82, 2.24) is 14.8 Å². The Labute approximate surface area is 144 Å². The van der Waals surface area contributed by atoms with Crippen LogP contribution in [0, 0.1) is 0 Å². The molecule has 0 bridgehead atoms. The highest BCUT2D eigenvalue weighted by molar-refractivity contribution is 6.12. The van der Waals surface area contributed by atoms with E-state index in [1.54, 1.807) is 16.9 Å². The van der Waals surface area contributed by atoms with E-state index in [0.29, 0.717) is 11.4 Å². The number of carbonyl (C=O) groups is 1. The number of fused-ring (bicyclic) bond motifs is 1. The first-order valence-electron chi connectivity index (χ1n) is 7.97. The summed E-state index contributed by atoms with van der Waals surface area (Å²) in [5, 5.41) is 7.87. The van der Waals surface area contributed by atoms with Crippen LogP contribution in [0.1, 0.15) is 10.4 Å². The van der Waals surface area contributed by atoms with E-state index in [2.05, 4.69) is 10.4 Å². The van der Waals surface area contributed by atoms with Crippen LogP contribution < -0.4 is 5.32 Å². The first kappa shape index (κ1) is 15.1. The smallest absolute Gasteiger partial charge is 0.257 e. The number of aromatic nitrogens is 3. The molecule has 122 valence electrons. The van der Waals surface area contributed by atoms with Crippen LogP contribution in [0.2, 0.25) is 0 Å². The minimum absolute atomic E-state index is 0.200. The Morgan fingerprint density at radius 3 is 2.52 bits per heavy atom. The molecule has 4 aromatic rings. The number of nitrogens with zero attached hydrogens (tertiary/aromatic N) is 3. The first-order chi connectivity index (χ1) is 12.2. The number of para-hydroxylation sites is 1. The lowest BCUT2D eigenvalue weighted by Crippen LogP contribution is -2.13. The molecule has 2 aromatic heterocycles. The molecule has 0 spiro atoms. The second kappa shape index (κ2) is 6.20. The molecule has 0 radical (unpaired) electrons. The second-order valence-electron chi connectivity index (χ2n) is 5.77. The third-order valence-corrected chi connectivity index (χ3v) is 3.99. The van der Waals surface area contributed by atoms with Gasteiger partial charge < -0.3 is 5.32 Å². The van der Waals surface area contributed by atoms with E-state index >= 15 is 0 Å². The van der Waals surface area contributed by atoms with E-state index in [0.717, 1.165) is 22.2 Å². The molecule has 0 aliphatic rings. The van der Waals surface area contributed by atoms with Crippen LogP contribution in [0.25, 0.3) is 22.2 Å². The van der Waals surface area contributed by atoms with Crippen molar-refractivity contribution in [2.45, 2.75) is 0 Å². The van der Waals surface area contributed by atoms with Gasteiger partial charge in [-0.2, -0.15) is 5.10 Å². The average molecular weight is 328 g/mol. The Bertz CT molecular complexity index is 1050. The molecule has 0 saturated heterocycles. The number of nitrogens with one attached hydrogen (secondary N) is 1. The van der Waals surface area contributed by atoms with E-state index in [1.165, 1.54) is 0 Å². The predicted octanol–water partition coefficient (Wildman–Crippen LogP) is 3.89. The zero-order chi connectivity index (χ0) is 17.2. The monoisotopic (exact) mass is 328 g/mol. The maximum absolute atomic E-state index is 12.8. The van der Waals surface area contributed by atoms with Crippen molar-refractivity contribution in [3.8, 4) is 11.3 Å². The lowest BCUT2D eigenvalue weighted by molar-refractivity contribution is 0.102. The van der Waals surface area contributed by atoms with Crippen molar-refractivity contribution >= 4 is 22.6 Å². The summed E-state index contributed by atoms with van der Waals surface area (Å²) in [6.07, 6.45) is 1.79. The third kappa shape index (κ3) is 2.99. The lowest BCUT2D eigenvalue weighted by Gasteiger charge is -2.09. The lowest BCUT2D eigenvalue weighted by atomic mass is 10.0. The maximum atomic E-state index is 12.8. The van der Waals surface area contributed by atoms with Crippen molar-refractivity contribution < 1.29 is 4.79 Å². The Morgan fingerprint density at radius 1 is 1.00 bits per heavy atom. The third-order valence-electron chi connectivity index (χ3n) is 3.99. The number of rotatable bonds is 3. The molecule has 0 saturated carbocycles. The van der Waals surface area contributed by atoms with Gasteiger partial charge in [-0.05, 0) is 12.1 Å². The topological polar surface area (TPSA) is 59.8 Å². The molecule has 2 heterocycles. The number of amides is 1. The van der Waals surface area contributed by atoms with Gasteiger partial charge in [-0.25, -0.2) is 4.98 Å². The van der Waals surface area contributed by atoms with Gasteiger partial charge in [0.05, 0.1) is 16.8 Å². The minimum Gasteiger partial charge on any atom is -0.305 e. The summed E-state index contributed by atoms with van der Waals surface area (Å²) < 4.78 is 1.65. The van der Waals surface area contributed by atoms with Gasteiger partial charge in [0.15, 0.2) is 5.82 Å². The van der Waals surface area contributed by atoms with Gasteiger partial charge in [-0.3, -0.25) is 9.48 Å². The summed E-state index contributed by atoms with van der Waals surface area (Å²) in [7, 11) is 1.81. The van der Waals surface area contributed by atoms with Gasteiger partial charge in [0, 0.05) is 30.3 Å². The zero-order valence-electron chi connectivity index (χ0n) is 13.7. The molecular formula is C20H16N4O. The first-order valence-corrected chi connectivity index (χ1v) is 7.97. The second-order valence-corrected chi connectivity index (χ2v) is 5.77. The number of aryl methyl sites for hydroxylation is 1. The molecule has 5 heteroatoms. The fourth-order valence-electron chi connectivity index (χ4n) is 2.79. The summed E-state index contributed by atoms with van der Waals surface area (Å²) in [5.74, 6) is 0.323. The number of benzene rings is 2. The van der Waals surface area contributed by atoms with Crippen molar-refractivity contribution in [2.75, 3.05) is 5.32 Å². The normalized spacial score (nSPS) is 10.8. The van der Waals surface area contributed by atoms with Crippen molar-refractivity contribution in [3.63, 3.8) is 0 Å². The summed E-state index contributed by atoms with van der Waals surface area (Å²) in [5.41, 5.74) is 3.11. The highest BCUT2D eigenvalue weighted by Gasteiger charge is 2.14. The number of pyridine rings is 1. The Morgan fingerprint density at radius 2 is 1.76 bits per heavy atom. The summed E-state index contributed by atoms with van der Waals surface area (Å²) in [6.45, 7) is 0. The van der Waals surface area contributed by atoms with Crippen LogP contribution in [-0.2, 0) is 7.05 Å². The van der Waals surface area contributed by atoms with E-state index in [9.17, 15) is 4.79 Å². The van der Waals surface area contributed by atoms with Gasteiger partial charge in [-0.1, -0.05) is 48.5 Å². The van der Waals surface area contributed by atoms with E-state index in [-0.39, 0.29) is 5.91 Å². The highest BCUT2D eigenvalue weighted by Crippen LogP contribution is 2.25. The molecule has 0 aliphatic heterocycles. The van der Waals surface area contributed by atoms with Crippen LogP contribution in [-0.4, -0.2) is 20.7 Å². The largest absolute Gasteiger partial charge is 0.305 e. The SMILES string of the molecule is Cn1ccc(NC(=O)c2cc(-c3ccccc3)nc3ccccc23)n1. The number of carbonyl (C=O) groups excluding carboxylic acids is 1. The molecule has 4 rings (SSSR count). The fourth-order valence-corrected chi connectivity index (χ4v) is 2.79. The zero-order valence-corrected chi connectivity index (χ0v) is 13.7. The van der Waals surface area contributed by atoms with Crippen LogP contribution >= 0.6 is 0 Å². The van der Waals surface area contributed by atoms with E-state index in [1.807, 2.05) is 67.7 Å². The molecule has 1 N–H and O–H groups in total. The Kier molecular flexibility index (Phi) is 3.74. The number of anilines is 1. The number of hydrogen-bond donors (Lipinski definition) is 1. The van der Waals surface area contributed by atoms with Gasteiger partial charge in [-0.15, -0.1) is 0 Å². The van der Waals surface area contributed by atoms with Crippen molar-refractivity contribution in [3.05, 3.63) is 78.5 Å². The molecule has 5 nitrogen and oxygen atoms in total. The van der Waals surface area contributed by atoms with E-state index < -0.39 is 0 Å². The maximum Gasteiger partial charge on any atom is 0.257 e. The summed E-state index contributed by atoms with van der Waals surface area (Å²) in [4.78, 5) is 17.5. The predicted molar refractivity (Wildman–Crippen MR) is 98.3 cm³/mol. The number of hydrogen-bond acceptors (Lipinski definition) is 3. The highest BCUT2D eigenvalue weighted by atomic mass is 16.1. The summed E-state index contributed by atoms with van der Waals surface area (Å²) >= 11 is 0. The molecule has 0 aliphatic carbocycles. The Hall–Kier alpha value is -3.47. The minimum atomic E-state index is -0.200. The quantitative estimate of drug-likeness (QED) is 0.621. The average Bonchev–Trinajstić information content (AvgIpc) is 3.06. The molecule has 0 fully saturated rings. The van der Waals surface area contributed by atoms with Gasteiger partial charge >= 0.3 is 0 Å². The van der Waals surface area contributed by atoms with Gasteiger partial charge in [0.25, 0.3) is 5.91 Å². The molecule has 25 heavy (non-hydrogen) atoms. The molecular weight excluding hydrogens is 312 g/mol. The molecule has 1 amide bonds. The summed E-state index contributed by atoms with van der Waals surface area (Å²) in [6, 6.07) is 21.1. The Balaban J connectivity index is 1.82. The van der Waals surface area contributed by atoms with Crippen molar-refractivity contribution in [1.29, 1.82) is 0 Å². The molecule has 0 unspecified atom stereocenters. The molecule has 0 atom stereocenters.